The summed E-state index contributed by atoms with van der Waals surface area (Å²) >= 11 is 0. The molecule has 4 rings (SSSR count). The molecule has 1 saturated heterocycles. The Hall–Kier alpha value is -2.42. The van der Waals surface area contributed by atoms with E-state index >= 15 is 0 Å². The Kier molecular flexibility index (Phi) is 5.57. The van der Waals surface area contributed by atoms with Crippen molar-refractivity contribution in [1.29, 1.82) is 0 Å². The topological polar surface area (TPSA) is 108 Å². The van der Waals surface area contributed by atoms with Gasteiger partial charge in [0, 0.05) is 30.6 Å². The first-order valence-corrected chi connectivity index (χ1v) is 12.0. The number of piperidine rings is 1. The van der Waals surface area contributed by atoms with Crippen LogP contribution in [0.1, 0.15) is 45.1 Å². The van der Waals surface area contributed by atoms with Gasteiger partial charge in [-0.2, -0.15) is 0 Å². The van der Waals surface area contributed by atoms with Crippen LogP contribution in [0.15, 0.2) is 34.2 Å². The molecule has 0 unspecified atom stereocenters. The molecule has 162 valence electrons. The summed E-state index contributed by atoms with van der Waals surface area (Å²) in [6.07, 6.45) is 3.44. The third kappa shape index (κ3) is 4.21. The molecule has 2 heterocycles. The smallest absolute Gasteiger partial charge is 0.263 e. The second kappa shape index (κ2) is 8.02. The third-order valence-electron chi connectivity index (χ3n) is 5.91. The van der Waals surface area contributed by atoms with Gasteiger partial charge in [-0.3, -0.25) is 19.3 Å². The number of nitrogens with one attached hydrogen (secondary N) is 2. The Morgan fingerprint density at radius 2 is 1.80 bits per heavy atom. The van der Waals surface area contributed by atoms with Crippen molar-refractivity contribution in [2.24, 2.45) is 16.8 Å². The molecule has 30 heavy (non-hydrogen) atoms. The number of hydrogen-bond acceptors (Lipinski definition) is 5. The Labute approximate surface area is 177 Å². The summed E-state index contributed by atoms with van der Waals surface area (Å²) in [7, 11) is -3.65. The van der Waals surface area contributed by atoms with Crippen molar-refractivity contribution in [3.05, 3.63) is 29.8 Å². The van der Waals surface area contributed by atoms with Crippen molar-refractivity contribution >= 4 is 27.7 Å². The Morgan fingerprint density at radius 1 is 1.13 bits per heavy atom. The fourth-order valence-corrected chi connectivity index (χ4v) is 5.24. The van der Waals surface area contributed by atoms with E-state index in [-0.39, 0.29) is 40.4 Å². The number of rotatable bonds is 5. The summed E-state index contributed by atoms with van der Waals surface area (Å²) in [6, 6.07) is 5.91. The normalized spacial score (nSPS) is 23.2. The van der Waals surface area contributed by atoms with Gasteiger partial charge >= 0.3 is 0 Å². The molecule has 1 aromatic carbocycles. The molecule has 9 heteroatoms. The highest BCUT2D eigenvalue weighted by Crippen LogP contribution is 2.32. The van der Waals surface area contributed by atoms with E-state index in [9.17, 15) is 18.0 Å². The van der Waals surface area contributed by atoms with Gasteiger partial charge < -0.3 is 10.2 Å². The van der Waals surface area contributed by atoms with E-state index in [0.29, 0.717) is 18.7 Å². The standard InChI is InChI=1S/C21H28N4O4S/c1-13(2)18(23-19-16-5-3-4-6-17(16)30(28,29)24-19)20(26)22-15-9-11-25(12-10-15)21(27)14-7-8-14/h3-6,13-15,18H,7-12H2,1-2H3,(H,22,26)(H,23,24)/t18-/m0/s1. The Bertz CT molecular complexity index is 976. The summed E-state index contributed by atoms with van der Waals surface area (Å²) in [4.78, 5) is 31.8. The van der Waals surface area contributed by atoms with Gasteiger partial charge in [0.2, 0.25) is 11.8 Å². The molecule has 8 nitrogen and oxygen atoms in total. The van der Waals surface area contributed by atoms with Crippen molar-refractivity contribution in [1.82, 2.24) is 14.9 Å². The summed E-state index contributed by atoms with van der Waals surface area (Å²) in [5.74, 6) is 0.359. The van der Waals surface area contributed by atoms with Crippen LogP contribution in [0.5, 0.6) is 0 Å². The van der Waals surface area contributed by atoms with Gasteiger partial charge in [-0.1, -0.05) is 26.0 Å². The number of carbonyl (C=O) groups is 2. The molecule has 2 amide bonds. The quantitative estimate of drug-likeness (QED) is 0.730. The van der Waals surface area contributed by atoms with Crippen LogP contribution >= 0.6 is 0 Å². The first-order chi connectivity index (χ1) is 14.3. The van der Waals surface area contributed by atoms with Gasteiger partial charge in [0.05, 0.1) is 4.90 Å². The van der Waals surface area contributed by atoms with E-state index in [1.165, 1.54) is 6.07 Å². The number of nitrogens with zero attached hydrogens (tertiary/aromatic N) is 2. The van der Waals surface area contributed by atoms with Gasteiger partial charge in [0.1, 0.15) is 11.9 Å². The number of fused-ring (bicyclic) bond motifs is 1. The lowest BCUT2D eigenvalue weighted by Gasteiger charge is -2.33. The fourth-order valence-electron chi connectivity index (χ4n) is 4.00. The maximum absolute atomic E-state index is 13.0. The highest BCUT2D eigenvalue weighted by molar-refractivity contribution is 7.90. The van der Waals surface area contributed by atoms with Crippen LogP contribution in [0.4, 0.5) is 0 Å². The molecule has 0 aromatic heterocycles. The number of carbonyl (C=O) groups excluding carboxylic acids is 2. The number of benzene rings is 1. The summed E-state index contributed by atoms with van der Waals surface area (Å²) in [5.41, 5.74) is 0.489. The summed E-state index contributed by atoms with van der Waals surface area (Å²) < 4.78 is 27.1. The maximum atomic E-state index is 13.0. The number of hydrogen-bond donors (Lipinski definition) is 2. The zero-order chi connectivity index (χ0) is 21.5. The van der Waals surface area contributed by atoms with Gasteiger partial charge in [-0.05, 0) is 43.7 Å². The lowest BCUT2D eigenvalue weighted by Crippen LogP contribution is -2.49. The van der Waals surface area contributed by atoms with Crippen LogP contribution in [-0.4, -0.2) is 56.1 Å². The van der Waals surface area contributed by atoms with E-state index in [1.54, 1.807) is 18.2 Å². The zero-order valence-corrected chi connectivity index (χ0v) is 18.1. The maximum Gasteiger partial charge on any atom is 0.263 e. The number of amidine groups is 1. The summed E-state index contributed by atoms with van der Waals surface area (Å²) in [5, 5.41) is 3.06. The summed E-state index contributed by atoms with van der Waals surface area (Å²) in [6.45, 7) is 5.10. The molecule has 3 aliphatic rings. The lowest BCUT2D eigenvalue weighted by atomic mass is 10.0. The van der Waals surface area contributed by atoms with Crippen molar-refractivity contribution in [2.75, 3.05) is 13.1 Å². The fraction of sp³-hybridized carbons (Fsp3) is 0.571. The molecule has 2 N–H and O–H groups in total. The number of aliphatic imine (C=N–C) groups is 1. The SMILES string of the molecule is CC(C)[C@H](N=C1NS(=O)(=O)c2ccccc21)C(=O)NC1CCN(C(=O)C2CC2)CC1. The molecular formula is C21H28N4O4S. The van der Waals surface area contributed by atoms with Gasteiger partial charge in [-0.25, -0.2) is 8.42 Å². The van der Waals surface area contributed by atoms with Gasteiger partial charge in [-0.15, -0.1) is 0 Å². The number of amides is 2. The van der Waals surface area contributed by atoms with Gasteiger partial charge in [0.25, 0.3) is 10.0 Å². The molecule has 0 radical (unpaired) electrons. The van der Waals surface area contributed by atoms with Crippen molar-refractivity contribution in [2.45, 2.75) is 56.5 Å². The van der Waals surface area contributed by atoms with E-state index < -0.39 is 16.1 Å². The first-order valence-electron chi connectivity index (χ1n) is 10.6. The molecule has 1 saturated carbocycles. The average Bonchev–Trinajstić information content (AvgIpc) is 3.52. The van der Waals surface area contributed by atoms with Crippen LogP contribution in [0.25, 0.3) is 0 Å². The van der Waals surface area contributed by atoms with Crippen LogP contribution in [0.3, 0.4) is 0 Å². The molecule has 1 aromatic rings. The minimum absolute atomic E-state index is 0.00485. The van der Waals surface area contributed by atoms with Crippen LogP contribution in [-0.2, 0) is 19.6 Å². The predicted octanol–water partition coefficient (Wildman–Crippen LogP) is 1.27. The Morgan fingerprint density at radius 3 is 2.43 bits per heavy atom. The molecule has 1 aliphatic carbocycles. The molecule has 2 aliphatic heterocycles. The molecule has 0 bridgehead atoms. The molecule has 1 atom stereocenters. The first kappa shape index (κ1) is 20.8. The largest absolute Gasteiger partial charge is 0.351 e. The van der Waals surface area contributed by atoms with Crippen LogP contribution < -0.4 is 10.0 Å². The minimum Gasteiger partial charge on any atom is -0.351 e. The average molecular weight is 433 g/mol. The lowest BCUT2D eigenvalue weighted by molar-refractivity contribution is -0.133. The second-order valence-corrected chi connectivity index (χ2v) is 10.3. The van der Waals surface area contributed by atoms with Crippen LogP contribution in [0.2, 0.25) is 0 Å². The number of likely N-dealkylation sites (tertiary alicyclic amines) is 1. The van der Waals surface area contributed by atoms with Crippen molar-refractivity contribution in [3.8, 4) is 0 Å². The molecule has 2 fully saturated rings. The van der Waals surface area contributed by atoms with Crippen LogP contribution in [0, 0.1) is 11.8 Å². The molecule has 0 spiro atoms. The second-order valence-electron chi connectivity index (χ2n) is 8.65. The number of sulfonamides is 1. The van der Waals surface area contributed by atoms with E-state index in [2.05, 4.69) is 15.0 Å². The third-order valence-corrected chi connectivity index (χ3v) is 7.31. The zero-order valence-electron chi connectivity index (χ0n) is 17.3. The van der Waals surface area contributed by atoms with E-state index in [4.69, 9.17) is 0 Å². The van der Waals surface area contributed by atoms with E-state index in [0.717, 1.165) is 25.7 Å². The Balaban J connectivity index is 1.43. The highest BCUT2D eigenvalue weighted by atomic mass is 32.2. The van der Waals surface area contributed by atoms with E-state index in [1.807, 2.05) is 18.7 Å². The molecular weight excluding hydrogens is 404 g/mol. The predicted molar refractivity (Wildman–Crippen MR) is 112 cm³/mol. The monoisotopic (exact) mass is 432 g/mol. The highest BCUT2D eigenvalue weighted by Gasteiger charge is 2.36. The van der Waals surface area contributed by atoms with Crippen molar-refractivity contribution in [3.63, 3.8) is 0 Å². The van der Waals surface area contributed by atoms with Crippen molar-refractivity contribution < 1.29 is 18.0 Å². The van der Waals surface area contributed by atoms with Gasteiger partial charge in [0.15, 0.2) is 0 Å². The minimum atomic E-state index is -3.65.